The monoisotopic (exact) mass is 489 g/mol. The molecule has 0 aliphatic rings. The fraction of sp³-hybridized carbons (Fsp3) is 0.143. The summed E-state index contributed by atoms with van der Waals surface area (Å²) >= 11 is 18.2. The molecule has 158 valence electrons. The second-order valence-corrected chi connectivity index (χ2v) is 9.71. The molecule has 0 aromatic heterocycles. The highest BCUT2D eigenvalue weighted by Gasteiger charge is 2.32. The van der Waals surface area contributed by atoms with E-state index in [1.807, 2.05) is 0 Å². The summed E-state index contributed by atoms with van der Waals surface area (Å²) in [5, 5.41) is 1.07. The van der Waals surface area contributed by atoms with Crippen molar-refractivity contribution in [1.29, 1.82) is 0 Å². The first-order valence-electron chi connectivity index (χ1n) is 8.78. The van der Waals surface area contributed by atoms with Crippen LogP contribution in [-0.4, -0.2) is 15.0 Å². The predicted octanol–water partition coefficient (Wildman–Crippen LogP) is 6.92. The summed E-state index contributed by atoms with van der Waals surface area (Å²) in [7, 11) is -4.60. The average Bonchev–Trinajstić information content (AvgIpc) is 2.65. The number of nitrogens with zero attached hydrogens (tertiary/aromatic N) is 1. The Morgan fingerprint density at radius 3 is 2.10 bits per heavy atom. The minimum Gasteiger partial charge on any atom is -0.266 e. The molecule has 0 radical (unpaired) electrons. The van der Waals surface area contributed by atoms with Crippen molar-refractivity contribution in [3.63, 3.8) is 0 Å². The molecule has 0 spiro atoms. The van der Waals surface area contributed by atoms with Gasteiger partial charge in [0.15, 0.2) is 4.90 Å². The molecule has 9 heteroatoms. The van der Waals surface area contributed by atoms with E-state index in [4.69, 9.17) is 34.8 Å². The van der Waals surface area contributed by atoms with Crippen LogP contribution in [0.4, 0.5) is 14.5 Å². The van der Waals surface area contributed by atoms with Gasteiger partial charge in [0, 0.05) is 27.5 Å². The fourth-order valence-corrected chi connectivity index (χ4v) is 5.50. The van der Waals surface area contributed by atoms with Gasteiger partial charge in [-0.05, 0) is 48.0 Å². The van der Waals surface area contributed by atoms with Crippen LogP contribution in [0.5, 0.6) is 0 Å². The highest BCUT2D eigenvalue weighted by molar-refractivity contribution is 7.92. The third-order valence-electron chi connectivity index (χ3n) is 4.50. The number of hydrogen-bond donors (Lipinski definition) is 0. The van der Waals surface area contributed by atoms with Gasteiger partial charge >= 0.3 is 0 Å². The van der Waals surface area contributed by atoms with E-state index in [0.29, 0.717) is 15.6 Å². The first-order chi connectivity index (χ1) is 14.1. The highest BCUT2D eigenvalue weighted by Crippen LogP contribution is 2.33. The highest BCUT2D eigenvalue weighted by atomic mass is 35.5. The Kier molecular flexibility index (Phi) is 6.92. The molecule has 0 saturated carbocycles. The number of rotatable bonds is 6. The van der Waals surface area contributed by atoms with Crippen LogP contribution in [0.1, 0.15) is 18.4 Å². The van der Waals surface area contributed by atoms with Gasteiger partial charge in [-0.15, -0.1) is 0 Å². The molecule has 3 rings (SSSR count). The van der Waals surface area contributed by atoms with E-state index >= 15 is 0 Å². The summed E-state index contributed by atoms with van der Waals surface area (Å²) in [6.07, 6.45) is 0. The van der Waals surface area contributed by atoms with E-state index in [2.05, 4.69) is 0 Å². The Labute approximate surface area is 188 Å². The predicted molar refractivity (Wildman–Crippen MR) is 117 cm³/mol. The lowest BCUT2D eigenvalue weighted by Gasteiger charge is -2.28. The topological polar surface area (TPSA) is 37.4 Å². The van der Waals surface area contributed by atoms with Crippen LogP contribution in [0.3, 0.4) is 0 Å². The largest absolute Gasteiger partial charge is 0.270 e. The van der Waals surface area contributed by atoms with Crippen molar-refractivity contribution in [3.8, 4) is 0 Å². The quantitative estimate of drug-likeness (QED) is 0.376. The van der Waals surface area contributed by atoms with Crippen LogP contribution in [0.25, 0.3) is 0 Å². The maximum atomic E-state index is 14.4. The molecule has 0 aliphatic carbocycles. The molecule has 3 nitrogen and oxygen atoms in total. The zero-order chi connectivity index (χ0) is 22.1. The maximum absolute atomic E-state index is 14.4. The second-order valence-electron chi connectivity index (χ2n) is 6.63. The third-order valence-corrected chi connectivity index (χ3v) is 7.14. The Morgan fingerprint density at radius 2 is 1.50 bits per heavy atom. The minimum absolute atomic E-state index is 0.141. The van der Waals surface area contributed by atoms with Gasteiger partial charge < -0.3 is 0 Å². The van der Waals surface area contributed by atoms with Crippen LogP contribution in [0, 0.1) is 11.6 Å². The van der Waals surface area contributed by atoms with Crippen LogP contribution < -0.4 is 4.31 Å². The van der Waals surface area contributed by atoms with Crippen molar-refractivity contribution in [3.05, 3.63) is 92.9 Å². The maximum Gasteiger partial charge on any atom is 0.270 e. The van der Waals surface area contributed by atoms with Crippen molar-refractivity contribution in [2.24, 2.45) is 0 Å². The third kappa shape index (κ3) is 4.72. The molecule has 3 aromatic rings. The average molecular weight is 491 g/mol. The van der Waals surface area contributed by atoms with E-state index < -0.39 is 32.5 Å². The van der Waals surface area contributed by atoms with Crippen molar-refractivity contribution in [1.82, 2.24) is 0 Å². The number of hydrogen-bond acceptors (Lipinski definition) is 2. The van der Waals surface area contributed by atoms with E-state index in [9.17, 15) is 17.2 Å². The number of halogens is 5. The van der Waals surface area contributed by atoms with Crippen molar-refractivity contribution < 1.29 is 17.2 Å². The van der Waals surface area contributed by atoms with Gasteiger partial charge in [-0.2, -0.15) is 0 Å². The Morgan fingerprint density at radius 1 is 0.900 bits per heavy atom. The fourth-order valence-electron chi connectivity index (χ4n) is 3.06. The van der Waals surface area contributed by atoms with Gasteiger partial charge in [-0.1, -0.05) is 59.9 Å². The lowest BCUT2D eigenvalue weighted by molar-refractivity contribution is 0.516. The summed E-state index contributed by atoms with van der Waals surface area (Å²) in [6, 6.07) is 13.8. The summed E-state index contributed by atoms with van der Waals surface area (Å²) in [4.78, 5) is -1.03. The lowest BCUT2D eigenvalue weighted by Crippen LogP contribution is -2.35. The molecular weight excluding hydrogens is 475 g/mol. The number of sulfonamides is 1. The SMILES string of the molecule is CC(CN(c1cccc(Cl)c1)S(=O)(=O)c1c(F)cccc1F)c1ccc(Cl)cc1Cl. The zero-order valence-electron chi connectivity index (χ0n) is 15.6. The molecule has 0 bridgehead atoms. The van der Waals surface area contributed by atoms with Gasteiger partial charge in [0.25, 0.3) is 10.0 Å². The molecular formula is C21H16Cl3F2NO2S. The van der Waals surface area contributed by atoms with E-state index in [0.717, 1.165) is 22.5 Å². The summed E-state index contributed by atoms with van der Waals surface area (Å²) in [5.74, 6) is -2.79. The zero-order valence-corrected chi connectivity index (χ0v) is 18.7. The van der Waals surface area contributed by atoms with Crippen molar-refractivity contribution >= 4 is 50.5 Å². The molecule has 0 heterocycles. The lowest BCUT2D eigenvalue weighted by atomic mass is 10.0. The van der Waals surface area contributed by atoms with Gasteiger partial charge in [0.2, 0.25) is 0 Å². The molecule has 1 atom stereocenters. The van der Waals surface area contributed by atoms with Crippen LogP contribution in [-0.2, 0) is 10.0 Å². The Bertz CT molecular complexity index is 1170. The molecule has 3 aromatic carbocycles. The van der Waals surface area contributed by atoms with Gasteiger partial charge in [0.05, 0.1) is 5.69 Å². The van der Waals surface area contributed by atoms with E-state index in [1.54, 1.807) is 37.3 Å². The number of anilines is 1. The Balaban J connectivity index is 2.12. The summed E-state index contributed by atoms with van der Waals surface area (Å²) in [6.45, 7) is 1.61. The molecule has 30 heavy (non-hydrogen) atoms. The number of benzene rings is 3. The van der Waals surface area contributed by atoms with Gasteiger partial charge in [-0.3, -0.25) is 4.31 Å². The standard InChI is InChI=1S/C21H16Cl3F2NO2S/c1-13(17-9-8-15(23)11-18(17)24)12-27(16-5-2-4-14(22)10-16)30(28,29)21-19(25)6-3-7-20(21)26/h2-11,13H,12H2,1H3. The Hall–Kier alpha value is -1.86. The molecule has 0 amide bonds. The van der Waals surface area contributed by atoms with E-state index in [-0.39, 0.29) is 17.3 Å². The van der Waals surface area contributed by atoms with Crippen LogP contribution in [0.2, 0.25) is 15.1 Å². The van der Waals surface area contributed by atoms with E-state index in [1.165, 1.54) is 12.1 Å². The summed E-state index contributed by atoms with van der Waals surface area (Å²) in [5.41, 5.74) is 0.805. The first kappa shape index (κ1) is 22.8. The van der Waals surface area contributed by atoms with Crippen molar-refractivity contribution in [2.75, 3.05) is 10.8 Å². The first-order valence-corrected chi connectivity index (χ1v) is 11.4. The molecule has 0 N–H and O–H groups in total. The van der Waals surface area contributed by atoms with Crippen molar-refractivity contribution in [2.45, 2.75) is 17.7 Å². The van der Waals surface area contributed by atoms with Gasteiger partial charge in [0.1, 0.15) is 11.6 Å². The van der Waals surface area contributed by atoms with Crippen LogP contribution >= 0.6 is 34.8 Å². The van der Waals surface area contributed by atoms with Gasteiger partial charge in [-0.25, -0.2) is 17.2 Å². The smallest absolute Gasteiger partial charge is 0.266 e. The van der Waals surface area contributed by atoms with Crippen LogP contribution in [0.15, 0.2) is 65.6 Å². The minimum atomic E-state index is -4.60. The normalized spacial score (nSPS) is 12.6. The molecule has 0 saturated heterocycles. The molecule has 0 aliphatic heterocycles. The summed E-state index contributed by atoms with van der Waals surface area (Å²) < 4.78 is 56.3. The molecule has 0 fully saturated rings. The molecule has 1 unspecified atom stereocenters. The second kappa shape index (κ2) is 9.10.